The number of hydrogen-bond acceptors (Lipinski definition) is 3. The third-order valence-electron chi connectivity index (χ3n) is 2.92. The van der Waals surface area contributed by atoms with E-state index in [1.54, 1.807) is 6.92 Å². The molecule has 0 aliphatic carbocycles. The molecular weight excluding hydrogens is 317 g/mol. The van der Waals surface area contributed by atoms with E-state index in [2.05, 4.69) is 15.5 Å². The second kappa shape index (κ2) is 5.44. The van der Waals surface area contributed by atoms with Crippen molar-refractivity contribution < 1.29 is 22.0 Å². The summed E-state index contributed by atoms with van der Waals surface area (Å²) < 4.78 is 66.2. The molecule has 1 aromatic heterocycles. The molecule has 0 saturated carbocycles. The number of benzene rings is 1. The van der Waals surface area contributed by atoms with E-state index in [0.717, 1.165) is 0 Å². The fourth-order valence-electron chi connectivity index (χ4n) is 1.53. The van der Waals surface area contributed by atoms with Crippen molar-refractivity contribution in [2.24, 2.45) is 0 Å². The first-order valence-corrected chi connectivity index (χ1v) is 5.91. The van der Waals surface area contributed by atoms with Crippen molar-refractivity contribution in [3.8, 4) is 0 Å². The van der Waals surface area contributed by atoms with Gasteiger partial charge in [0.25, 0.3) is 0 Å². The maximum atomic E-state index is 13.5. The monoisotopic (exact) mass is 323 g/mol. The van der Waals surface area contributed by atoms with E-state index < -0.39 is 34.8 Å². The number of anilines is 2. The fourth-order valence-corrected chi connectivity index (χ4v) is 1.71. The topological polar surface area (TPSA) is 37.8 Å². The van der Waals surface area contributed by atoms with E-state index in [9.17, 15) is 22.0 Å². The van der Waals surface area contributed by atoms with Gasteiger partial charge in [0.05, 0.1) is 0 Å². The van der Waals surface area contributed by atoms with Crippen LogP contribution in [0.3, 0.4) is 0 Å². The Morgan fingerprint density at radius 2 is 1.24 bits per heavy atom. The summed E-state index contributed by atoms with van der Waals surface area (Å²) in [5.74, 6) is -10.5. The Bertz CT molecular complexity index is 707. The second-order valence-electron chi connectivity index (χ2n) is 4.16. The molecule has 0 bridgehead atoms. The number of nitrogens with one attached hydrogen (secondary N) is 1. The van der Waals surface area contributed by atoms with E-state index in [0.29, 0.717) is 11.1 Å². The van der Waals surface area contributed by atoms with Gasteiger partial charge in [0.2, 0.25) is 5.82 Å². The molecule has 0 radical (unpaired) electrons. The van der Waals surface area contributed by atoms with Gasteiger partial charge in [0.15, 0.2) is 34.2 Å². The molecule has 0 amide bonds. The van der Waals surface area contributed by atoms with Crippen LogP contribution < -0.4 is 5.32 Å². The van der Waals surface area contributed by atoms with Gasteiger partial charge in [-0.05, 0) is 25.0 Å². The Kier molecular flexibility index (Phi) is 3.99. The van der Waals surface area contributed by atoms with Crippen molar-refractivity contribution >= 4 is 23.1 Å². The van der Waals surface area contributed by atoms with Crippen LogP contribution in [0.25, 0.3) is 0 Å². The molecule has 0 aliphatic rings. The molecule has 0 fully saturated rings. The Balaban J connectivity index is 2.58. The molecule has 9 heteroatoms. The van der Waals surface area contributed by atoms with Gasteiger partial charge in [-0.25, -0.2) is 22.0 Å². The Morgan fingerprint density at radius 3 is 1.76 bits per heavy atom. The van der Waals surface area contributed by atoms with Crippen molar-refractivity contribution in [2.75, 3.05) is 5.32 Å². The van der Waals surface area contributed by atoms with E-state index in [-0.39, 0.29) is 11.0 Å². The van der Waals surface area contributed by atoms with E-state index in [1.807, 2.05) is 0 Å². The van der Waals surface area contributed by atoms with Crippen LogP contribution in [0.1, 0.15) is 11.1 Å². The molecule has 0 atom stereocenters. The molecule has 2 rings (SSSR count). The number of hydrogen-bond donors (Lipinski definition) is 1. The van der Waals surface area contributed by atoms with Gasteiger partial charge in [-0.1, -0.05) is 11.6 Å². The molecule has 1 heterocycles. The maximum Gasteiger partial charge on any atom is 0.200 e. The highest BCUT2D eigenvalue weighted by Crippen LogP contribution is 2.31. The van der Waals surface area contributed by atoms with Gasteiger partial charge >= 0.3 is 0 Å². The zero-order valence-electron chi connectivity index (χ0n) is 10.7. The van der Waals surface area contributed by atoms with Crippen LogP contribution in [0.15, 0.2) is 0 Å². The normalized spacial score (nSPS) is 10.9. The lowest BCUT2D eigenvalue weighted by Crippen LogP contribution is -2.09. The first-order valence-electron chi connectivity index (χ1n) is 5.53. The summed E-state index contributed by atoms with van der Waals surface area (Å²) in [6.07, 6.45) is 0. The number of halogens is 6. The second-order valence-corrected chi connectivity index (χ2v) is 4.52. The minimum Gasteiger partial charge on any atom is -0.334 e. The van der Waals surface area contributed by atoms with Gasteiger partial charge in [0.1, 0.15) is 5.69 Å². The Morgan fingerprint density at radius 1 is 0.762 bits per heavy atom. The summed E-state index contributed by atoms with van der Waals surface area (Å²) >= 11 is 5.70. The predicted molar refractivity (Wildman–Crippen MR) is 66.0 cm³/mol. The summed E-state index contributed by atoms with van der Waals surface area (Å²) in [5, 5.41) is 9.16. The molecule has 112 valence electrons. The molecule has 0 aliphatic heterocycles. The van der Waals surface area contributed by atoms with Gasteiger partial charge in [-0.2, -0.15) is 0 Å². The third-order valence-corrected chi connectivity index (χ3v) is 3.28. The van der Waals surface area contributed by atoms with E-state index in [1.165, 1.54) is 6.92 Å². The molecule has 2 aromatic rings. The van der Waals surface area contributed by atoms with Gasteiger partial charge in [-0.15, -0.1) is 10.2 Å². The maximum absolute atomic E-state index is 13.5. The Hall–Kier alpha value is -1.96. The van der Waals surface area contributed by atoms with Crippen LogP contribution in [0.2, 0.25) is 5.15 Å². The zero-order chi connectivity index (χ0) is 15.9. The minimum absolute atomic E-state index is 0.0652. The lowest BCUT2D eigenvalue weighted by molar-refractivity contribution is 0.382. The van der Waals surface area contributed by atoms with Crippen LogP contribution in [-0.4, -0.2) is 10.2 Å². The molecule has 21 heavy (non-hydrogen) atoms. The largest absolute Gasteiger partial charge is 0.334 e. The average Bonchev–Trinajstić information content (AvgIpc) is 2.47. The lowest BCUT2D eigenvalue weighted by atomic mass is 10.2. The lowest BCUT2D eigenvalue weighted by Gasteiger charge is -2.12. The van der Waals surface area contributed by atoms with E-state index in [4.69, 9.17) is 11.6 Å². The minimum atomic E-state index is -2.23. The van der Waals surface area contributed by atoms with Crippen LogP contribution in [0.5, 0.6) is 0 Å². The first kappa shape index (κ1) is 15.4. The van der Waals surface area contributed by atoms with Crippen molar-refractivity contribution in [1.29, 1.82) is 0 Å². The molecular formula is C12H7ClF5N3. The highest BCUT2D eigenvalue weighted by Gasteiger charge is 2.26. The van der Waals surface area contributed by atoms with Crippen LogP contribution in [-0.2, 0) is 0 Å². The SMILES string of the molecule is Cc1c(Cl)nnc(Nc2c(F)c(F)c(F)c(F)c2F)c1C. The van der Waals surface area contributed by atoms with E-state index >= 15 is 0 Å². The quantitative estimate of drug-likeness (QED) is 0.511. The van der Waals surface area contributed by atoms with Crippen molar-refractivity contribution in [1.82, 2.24) is 10.2 Å². The smallest absolute Gasteiger partial charge is 0.200 e. The summed E-state index contributed by atoms with van der Waals surface area (Å²) in [6, 6.07) is 0. The standard InChI is InChI=1S/C12H7ClF5N3/c1-3-4(2)12(21-20-11(3)13)19-10-8(17)6(15)5(14)7(16)9(10)18/h1-2H3,(H,19,21). The predicted octanol–water partition coefficient (Wildman–Crippen LogP) is 4.19. The molecule has 3 nitrogen and oxygen atoms in total. The highest BCUT2D eigenvalue weighted by atomic mass is 35.5. The van der Waals surface area contributed by atoms with Crippen molar-refractivity contribution in [3.05, 3.63) is 45.4 Å². The zero-order valence-corrected chi connectivity index (χ0v) is 11.4. The summed E-state index contributed by atoms with van der Waals surface area (Å²) in [7, 11) is 0. The van der Waals surface area contributed by atoms with Crippen molar-refractivity contribution in [2.45, 2.75) is 13.8 Å². The fraction of sp³-hybridized carbons (Fsp3) is 0.167. The van der Waals surface area contributed by atoms with Gasteiger partial charge in [0, 0.05) is 0 Å². The summed E-state index contributed by atoms with van der Waals surface area (Å²) in [5.41, 5.74) is -0.387. The molecule has 1 N–H and O–H groups in total. The van der Waals surface area contributed by atoms with Crippen LogP contribution in [0.4, 0.5) is 33.5 Å². The molecule has 0 saturated heterocycles. The summed E-state index contributed by atoms with van der Waals surface area (Å²) in [4.78, 5) is 0. The summed E-state index contributed by atoms with van der Waals surface area (Å²) in [6.45, 7) is 3.07. The molecule has 1 aromatic carbocycles. The highest BCUT2D eigenvalue weighted by molar-refractivity contribution is 6.30. The average molecular weight is 324 g/mol. The number of rotatable bonds is 2. The van der Waals surface area contributed by atoms with Crippen LogP contribution >= 0.6 is 11.6 Å². The number of aromatic nitrogens is 2. The molecule has 0 spiro atoms. The molecule has 0 unspecified atom stereocenters. The number of nitrogens with zero attached hydrogens (tertiary/aromatic N) is 2. The Labute approximate surface area is 120 Å². The van der Waals surface area contributed by atoms with Gasteiger partial charge < -0.3 is 5.32 Å². The first-order chi connectivity index (χ1) is 9.75. The van der Waals surface area contributed by atoms with Crippen LogP contribution in [0, 0.1) is 42.9 Å². The van der Waals surface area contributed by atoms with Crippen molar-refractivity contribution in [3.63, 3.8) is 0 Å². The van der Waals surface area contributed by atoms with Gasteiger partial charge in [-0.3, -0.25) is 0 Å². The third kappa shape index (κ3) is 2.51.